The van der Waals surface area contributed by atoms with Crippen LogP contribution in [0.3, 0.4) is 0 Å². The minimum absolute atomic E-state index is 0.154. The Bertz CT molecular complexity index is 405. The van der Waals surface area contributed by atoms with Crippen LogP contribution in [-0.2, 0) is 6.54 Å². The number of nitrogens with two attached hydrogens (primary N) is 1. The average Bonchev–Trinajstić information content (AvgIpc) is 2.38. The summed E-state index contributed by atoms with van der Waals surface area (Å²) in [5.74, 6) is 0.482. The number of hydrogen-bond acceptors (Lipinski definition) is 2. The summed E-state index contributed by atoms with van der Waals surface area (Å²) in [6.07, 6.45) is 4.97. The zero-order valence-electron chi connectivity index (χ0n) is 11.3. The van der Waals surface area contributed by atoms with Gasteiger partial charge in [0.1, 0.15) is 5.82 Å². The lowest BCUT2D eigenvalue weighted by molar-refractivity contribution is 0.320. The Morgan fingerprint density at radius 2 is 2.06 bits per heavy atom. The number of rotatable bonds is 3. The van der Waals surface area contributed by atoms with E-state index in [0.717, 1.165) is 12.0 Å². The quantitative estimate of drug-likeness (QED) is 0.892. The molecule has 18 heavy (non-hydrogen) atoms. The molecule has 0 saturated heterocycles. The monoisotopic (exact) mass is 250 g/mol. The zero-order valence-corrected chi connectivity index (χ0v) is 11.3. The molecule has 2 N–H and O–H groups in total. The summed E-state index contributed by atoms with van der Waals surface area (Å²) in [5.41, 5.74) is 7.08. The molecule has 1 aliphatic carbocycles. The molecule has 0 bridgehead atoms. The van der Waals surface area contributed by atoms with Crippen LogP contribution in [0.25, 0.3) is 0 Å². The second-order valence-electron chi connectivity index (χ2n) is 5.43. The van der Waals surface area contributed by atoms with Crippen molar-refractivity contribution in [3.8, 4) is 0 Å². The minimum atomic E-state index is -0.154. The highest BCUT2D eigenvalue weighted by Crippen LogP contribution is 2.31. The molecule has 0 radical (unpaired) electrons. The first-order valence-corrected chi connectivity index (χ1v) is 6.85. The van der Waals surface area contributed by atoms with Crippen LogP contribution in [0.15, 0.2) is 18.2 Å². The Morgan fingerprint density at radius 3 is 2.67 bits per heavy atom. The van der Waals surface area contributed by atoms with Gasteiger partial charge >= 0.3 is 0 Å². The van der Waals surface area contributed by atoms with Gasteiger partial charge in [0.25, 0.3) is 0 Å². The van der Waals surface area contributed by atoms with Crippen molar-refractivity contribution in [2.45, 2.75) is 45.2 Å². The van der Waals surface area contributed by atoms with Crippen LogP contribution in [0, 0.1) is 11.7 Å². The molecule has 1 saturated carbocycles. The van der Waals surface area contributed by atoms with Gasteiger partial charge in [0.15, 0.2) is 0 Å². The van der Waals surface area contributed by atoms with Gasteiger partial charge in [-0.1, -0.05) is 25.8 Å². The highest BCUT2D eigenvalue weighted by Gasteiger charge is 2.26. The first kappa shape index (κ1) is 13.3. The van der Waals surface area contributed by atoms with Crippen molar-refractivity contribution in [3.63, 3.8) is 0 Å². The Morgan fingerprint density at radius 1 is 1.33 bits per heavy atom. The van der Waals surface area contributed by atoms with Gasteiger partial charge in [-0.2, -0.15) is 0 Å². The maximum absolute atomic E-state index is 14.1. The van der Waals surface area contributed by atoms with E-state index in [-0.39, 0.29) is 5.82 Å². The Hall–Kier alpha value is -1.09. The van der Waals surface area contributed by atoms with Crippen molar-refractivity contribution in [3.05, 3.63) is 29.6 Å². The van der Waals surface area contributed by atoms with Crippen LogP contribution in [0.5, 0.6) is 0 Å². The lowest BCUT2D eigenvalue weighted by Crippen LogP contribution is -2.39. The third kappa shape index (κ3) is 2.66. The summed E-state index contributed by atoms with van der Waals surface area (Å²) >= 11 is 0. The third-order valence-corrected chi connectivity index (χ3v) is 4.19. The number of hydrogen-bond donors (Lipinski definition) is 1. The maximum Gasteiger partial charge on any atom is 0.146 e. The molecule has 1 aliphatic rings. The van der Waals surface area contributed by atoms with Gasteiger partial charge in [-0.05, 0) is 36.5 Å². The number of nitrogens with zero attached hydrogens (tertiary/aromatic N) is 1. The molecule has 3 heteroatoms. The second kappa shape index (κ2) is 5.70. The van der Waals surface area contributed by atoms with Crippen LogP contribution >= 0.6 is 0 Å². The molecular formula is C15H23FN2. The highest BCUT2D eigenvalue weighted by atomic mass is 19.1. The fraction of sp³-hybridized carbons (Fsp3) is 0.600. The van der Waals surface area contributed by atoms with Crippen LogP contribution in [0.1, 0.15) is 38.2 Å². The topological polar surface area (TPSA) is 29.3 Å². The predicted octanol–water partition coefficient (Wildman–Crippen LogP) is 3.30. The lowest BCUT2D eigenvalue weighted by Gasteiger charge is -2.37. The van der Waals surface area contributed by atoms with Crippen molar-refractivity contribution in [1.29, 1.82) is 0 Å². The van der Waals surface area contributed by atoms with E-state index in [1.807, 2.05) is 19.2 Å². The van der Waals surface area contributed by atoms with Gasteiger partial charge in [-0.15, -0.1) is 0 Å². The Balaban J connectivity index is 2.19. The minimum Gasteiger partial charge on any atom is -0.369 e. The van der Waals surface area contributed by atoms with Gasteiger partial charge in [-0.3, -0.25) is 0 Å². The van der Waals surface area contributed by atoms with Crippen molar-refractivity contribution < 1.29 is 4.39 Å². The fourth-order valence-corrected chi connectivity index (χ4v) is 3.01. The standard InChI is InChI=1S/C15H23FN2/c1-11-5-3-4-6-14(11)18(2)15-8-7-12(10-17)9-13(15)16/h7-9,11,14H,3-6,10,17H2,1-2H3. The molecule has 1 aromatic carbocycles. The van der Waals surface area contributed by atoms with Crippen LogP contribution in [0.2, 0.25) is 0 Å². The molecule has 0 amide bonds. The fourth-order valence-electron chi connectivity index (χ4n) is 3.01. The summed E-state index contributed by atoms with van der Waals surface area (Å²) in [4.78, 5) is 2.11. The largest absolute Gasteiger partial charge is 0.369 e. The number of benzene rings is 1. The molecule has 2 rings (SSSR count). The summed E-state index contributed by atoms with van der Waals surface area (Å²) in [5, 5.41) is 0. The molecule has 2 atom stereocenters. The maximum atomic E-state index is 14.1. The van der Waals surface area contributed by atoms with E-state index in [9.17, 15) is 4.39 Å². The van der Waals surface area contributed by atoms with Gasteiger partial charge in [0.05, 0.1) is 5.69 Å². The summed E-state index contributed by atoms with van der Waals surface area (Å²) < 4.78 is 14.1. The highest BCUT2D eigenvalue weighted by molar-refractivity contribution is 5.49. The van der Waals surface area contributed by atoms with Gasteiger partial charge < -0.3 is 10.6 Å². The number of halogens is 1. The van der Waals surface area contributed by atoms with E-state index >= 15 is 0 Å². The zero-order chi connectivity index (χ0) is 13.1. The second-order valence-corrected chi connectivity index (χ2v) is 5.43. The average molecular weight is 250 g/mol. The molecular weight excluding hydrogens is 227 g/mol. The SMILES string of the molecule is CC1CCCCC1N(C)c1ccc(CN)cc1F. The molecule has 100 valence electrons. The number of anilines is 1. The molecule has 2 unspecified atom stereocenters. The summed E-state index contributed by atoms with van der Waals surface area (Å²) in [7, 11) is 2.01. The predicted molar refractivity (Wildman–Crippen MR) is 74.1 cm³/mol. The molecule has 0 spiro atoms. The van der Waals surface area contributed by atoms with E-state index < -0.39 is 0 Å². The molecule has 1 fully saturated rings. The van der Waals surface area contributed by atoms with Crippen molar-refractivity contribution in [1.82, 2.24) is 0 Å². The smallest absolute Gasteiger partial charge is 0.146 e. The van der Waals surface area contributed by atoms with Crippen LogP contribution in [-0.4, -0.2) is 13.1 Å². The first-order chi connectivity index (χ1) is 8.63. The molecule has 0 aromatic heterocycles. The third-order valence-electron chi connectivity index (χ3n) is 4.19. The van der Waals surface area contributed by atoms with Gasteiger partial charge in [-0.25, -0.2) is 4.39 Å². The van der Waals surface area contributed by atoms with E-state index in [1.165, 1.54) is 19.3 Å². The van der Waals surface area contributed by atoms with Crippen LogP contribution in [0.4, 0.5) is 10.1 Å². The van der Waals surface area contributed by atoms with E-state index in [1.54, 1.807) is 6.07 Å². The van der Waals surface area contributed by atoms with Crippen molar-refractivity contribution in [2.75, 3.05) is 11.9 Å². The Kier molecular flexibility index (Phi) is 4.23. The lowest BCUT2D eigenvalue weighted by atomic mass is 9.85. The molecule has 1 aromatic rings. The summed E-state index contributed by atoms with van der Waals surface area (Å²) in [6.45, 7) is 2.66. The molecule has 0 heterocycles. The van der Waals surface area contributed by atoms with Crippen LogP contribution < -0.4 is 10.6 Å². The normalized spacial score (nSPS) is 24.0. The Labute approximate surface area is 109 Å². The van der Waals surface area contributed by atoms with Gasteiger partial charge in [0, 0.05) is 19.6 Å². The summed E-state index contributed by atoms with van der Waals surface area (Å²) in [6, 6.07) is 5.79. The van der Waals surface area contributed by atoms with Crippen molar-refractivity contribution >= 4 is 5.69 Å². The van der Waals surface area contributed by atoms with E-state index in [2.05, 4.69) is 11.8 Å². The van der Waals surface area contributed by atoms with E-state index in [0.29, 0.717) is 24.2 Å². The van der Waals surface area contributed by atoms with Gasteiger partial charge in [0.2, 0.25) is 0 Å². The van der Waals surface area contributed by atoms with E-state index in [4.69, 9.17) is 5.73 Å². The first-order valence-electron chi connectivity index (χ1n) is 6.85. The van der Waals surface area contributed by atoms with Crippen molar-refractivity contribution in [2.24, 2.45) is 11.7 Å². The molecule has 2 nitrogen and oxygen atoms in total. The molecule has 0 aliphatic heterocycles.